The molecule has 0 bridgehead atoms. The summed E-state index contributed by atoms with van der Waals surface area (Å²) in [4.78, 5) is 12.5. The van der Waals surface area contributed by atoms with Gasteiger partial charge in [-0.1, -0.05) is 25.2 Å². The van der Waals surface area contributed by atoms with Gasteiger partial charge in [0.1, 0.15) is 0 Å². The Morgan fingerprint density at radius 1 is 1.43 bits per heavy atom. The largest absolute Gasteiger partial charge is 0.383 e. The van der Waals surface area contributed by atoms with E-state index in [2.05, 4.69) is 20.6 Å². The Morgan fingerprint density at radius 3 is 2.76 bits per heavy atom. The summed E-state index contributed by atoms with van der Waals surface area (Å²) >= 11 is 1.35. The molecule has 0 fully saturated rings. The molecule has 0 atom stereocenters. The first-order valence-electron chi connectivity index (χ1n) is 6.69. The zero-order chi connectivity index (χ0) is 15.4. The number of nitrogens with one attached hydrogen (secondary N) is 1. The lowest BCUT2D eigenvalue weighted by molar-refractivity contribution is 0.181. The standard InChI is InChI=1S/C13H19N5O2S/c1-8(2)10-7-9(11-15-16-13(14-3)21-11)12(19)18(17-10)5-6-20-4/h7-8H,5-6H2,1-4H3,(H,14,16). The van der Waals surface area contributed by atoms with Gasteiger partial charge in [0.15, 0.2) is 5.01 Å². The molecule has 0 unspecified atom stereocenters. The summed E-state index contributed by atoms with van der Waals surface area (Å²) in [6, 6.07) is 1.80. The maximum atomic E-state index is 12.5. The fourth-order valence-electron chi connectivity index (χ4n) is 1.76. The number of nitrogens with zero attached hydrogens (tertiary/aromatic N) is 4. The Labute approximate surface area is 127 Å². The second kappa shape index (κ2) is 6.77. The Morgan fingerprint density at radius 2 is 2.19 bits per heavy atom. The van der Waals surface area contributed by atoms with E-state index >= 15 is 0 Å². The van der Waals surface area contributed by atoms with Crippen LogP contribution in [0.15, 0.2) is 10.9 Å². The first-order valence-corrected chi connectivity index (χ1v) is 7.51. The van der Waals surface area contributed by atoms with E-state index in [1.807, 2.05) is 13.8 Å². The second-order valence-electron chi connectivity index (χ2n) is 4.82. The molecule has 0 aliphatic heterocycles. The average molecular weight is 309 g/mol. The third-order valence-corrected chi connectivity index (χ3v) is 3.94. The minimum Gasteiger partial charge on any atom is -0.383 e. The smallest absolute Gasteiger partial charge is 0.277 e. The molecule has 0 saturated carbocycles. The van der Waals surface area contributed by atoms with Crippen LogP contribution in [0.4, 0.5) is 5.13 Å². The van der Waals surface area contributed by atoms with Crippen LogP contribution < -0.4 is 10.9 Å². The Kier molecular flexibility index (Phi) is 5.03. The van der Waals surface area contributed by atoms with Gasteiger partial charge in [0.2, 0.25) is 5.13 Å². The molecule has 0 aliphatic rings. The SMILES string of the molecule is CNc1nnc(-c2cc(C(C)C)nn(CCOC)c2=O)s1. The molecule has 2 rings (SSSR count). The highest BCUT2D eigenvalue weighted by Crippen LogP contribution is 2.25. The maximum absolute atomic E-state index is 12.5. The topological polar surface area (TPSA) is 81.9 Å². The third kappa shape index (κ3) is 3.45. The maximum Gasteiger partial charge on any atom is 0.277 e. The summed E-state index contributed by atoms with van der Waals surface area (Å²) < 4.78 is 6.47. The number of hydrogen-bond acceptors (Lipinski definition) is 7. The lowest BCUT2D eigenvalue weighted by atomic mass is 10.1. The molecule has 2 aromatic rings. The van der Waals surface area contributed by atoms with Crippen LogP contribution in [-0.2, 0) is 11.3 Å². The fraction of sp³-hybridized carbons (Fsp3) is 0.538. The molecule has 2 heterocycles. The third-order valence-electron chi connectivity index (χ3n) is 2.96. The van der Waals surface area contributed by atoms with Crippen molar-refractivity contribution >= 4 is 16.5 Å². The molecule has 1 N–H and O–H groups in total. The van der Waals surface area contributed by atoms with E-state index in [-0.39, 0.29) is 11.5 Å². The van der Waals surface area contributed by atoms with Crippen LogP contribution in [0.2, 0.25) is 0 Å². The minimum absolute atomic E-state index is 0.171. The first kappa shape index (κ1) is 15.6. The van der Waals surface area contributed by atoms with Crippen molar-refractivity contribution in [3.63, 3.8) is 0 Å². The normalized spacial score (nSPS) is 11.1. The van der Waals surface area contributed by atoms with Gasteiger partial charge in [-0.05, 0) is 12.0 Å². The number of anilines is 1. The van der Waals surface area contributed by atoms with Gasteiger partial charge in [-0.2, -0.15) is 5.10 Å². The molecule has 114 valence electrons. The molecule has 0 aromatic carbocycles. The van der Waals surface area contributed by atoms with Gasteiger partial charge in [0.25, 0.3) is 5.56 Å². The molecular weight excluding hydrogens is 290 g/mol. The molecule has 0 radical (unpaired) electrons. The Balaban J connectivity index is 2.52. The van der Waals surface area contributed by atoms with Gasteiger partial charge in [-0.25, -0.2) is 4.68 Å². The summed E-state index contributed by atoms with van der Waals surface area (Å²) in [6.07, 6.45) is 0. The lowest BCUT2D eigenvalue weighted by Gasteiger charge is -2.11. The van der Waals surface area contributed by atoms with Crippen LogP contribution in [0, 0.1) is 0 Å². The second-order valence-corrected chi connectivity index (χ2v) is 5.80. The van der Waals surface area contributed by atoms with Crippen molar-refractivity contribution in [1.29, 1.82) is 0 Å². The molecule has 0 saturated heterocycles. The van der Waals surface area contributed by atoms with E-state index in [1.54, 1.807) is 20.2 Å². The van der Waals surface area contributed by atoms with Crippen molar-refractivity contribution in [2.75, 3.05) is 26.1 Å². The average Bonchev–Trinajstić information content (AvgIpc) is 2.94. The van der Waals surface area contributed by atoms with E-state index in [9.17, 15) is 4.79 Å². The highest BCUT2D eigenvalue weighted by molar-refractivity contribution is 7.18. The van der Waals surface area contributed by atoms with Crippen LogP contribution in [-0.4, -0.2) is 40.7 Å². The van der Waals surface area contributed by atoms with Crippen molar-refractivity contribution in [3.05, 3.63) is 22.1 Å². The van der Waals surface area contributed by atoms with Gasteiger partial charge >= 0.3 is 0 Å². The van der Waals surface area contributed by atoms with Crippen molar-refractivity contribution in [1.82, 2.24) is 20.0 Å². The summed E-state index contributed by atoms with van der Waals surface area (Å²) in [6.45, 7) is 4.93. The molecule has 8 heteroatoms. The minimum atomic E-state index is -0.171. The number of rotatable bonds is 6. The number of aromatic nitrogens is 4. The number of ether oxygens (including phenoxy) is 1. The van der Waals surface area contributed by atoms with Gasteiger partial charge in [0.05, 0.1) is 24.4 Å². The Hall–Kier alpha value is -1.80. The predicted octanol–water partition coefficient (Wildman–Crippen LogP) is 1.57. The van der Waals surface area contributed by atoms with Crippen molar-refractivity contribution in [2.45, 2.75) is 26.3 Å². The van der Waals surface area contributed by atoms with Gasteiger partial charge in [0, 0.05) is 14.2 Å². The molecule has 21 heavy (non-hydrogen) atoms. The molecule has 2 aromatic heterocycles. The van der Waals surface area contributed by atoms with Gasteiger partial charge in [-0.3, -0.25) is 4.79 Å². The zero-order valence-electron chi connectivity index (χ0n) is 12.6. The van der Waals surface area contributed by atoms with E-state index in [0.717, 1.165) is 5.69 Å². The Bertz CT molecular complexity index is 665. The van der Waals surface area contributed by atoms with E-state index in [1.165, 1.54) is 16.0 Å². The van der Waals surface area contributed by atoms with E-state index in [4.69, 9.17) is 4.74 Å². The summed E-state index contributed by atoms with van der Waals surface area (Å²) in [5.41, 5.74) is 1.21. The molecule has 7 nitrogen and oxygen atoms in total. The first-order chi connectivity index (χ1) is 10.1. The quantitative estimate of drug-likeness (QED) is 0.872. The summed E-state index contributed by atoms with van der Waals surface area (Å²) in [5, 5.41) is 16.6. The van der Waals surface area contributed by atoms with Crippen molar-refractivity contribution in [2.24, 2.45) is 0 Å². The van der Waals surface area contributed by atoms with Crippen molar-refractivity contribution < 1.29 is 4.74 Å². The monoisotopic (exact) mass is 309 g/mol. The molecular formula is C13H19N5O2S. The zero-order valence-corrected chi connectivity index (χ0v) is 13.4. The van der Waals surface area contributed by atoms with Crippen molar-refractivity contribution in [3.8, 4) is 10.6 Å². The highest BCUT2D eigenvalue weighted by atomic mass is 32.1. The van der Waals surface area contributed by atoms with Crippen LogP contribution in [0.1, 0.15) is 25.5 Å². The summed E-state index contributed by atoms with van der Waals surface area (Å²) in [7, 11) is 3.37. The van der Waals surface area contributed by atoms with Gasteiger partial charge < -0.3 is 10.1 Å². The van der Waals surface area contributed by atoms with E-state index in [0.29, 0.717) is 28.9 Å². The molecule has 0 amide bonds. The lowest BCUT2D eigenvalue weighted by Crippen LogP contribution is -2.27. The molecule has 0 spiro atoms. The fourth-order valence-corrected chi connectivity index (χ4v) is 2.46. The van der Waals surface area contributed by atoms with Crippen LogP contribution in [0.5, 0.6) is 0 Å². The van der Waals surface area contributed by atoms with Crippen LogP contribution >= 0.6 is 11.3 Å². The predicted molar refractivity (Wildman–Crippen MR) is 82.9 cm³/mol. The van der Waals surface area contributed by atoms with Crippen LogP contribution in [0.3, 0.4) is 0 Å². The van der Waals surface area contributed by atoms with Gasteiger partial charge in [-0.15, -0.1) is 10.2 Å². The number of hydrogen-bond donors (Lipinski definition) is 1. The summed E-state index contributed by atoms with van der Waals surface area (Å²) in [5.74, 6) is 0.217. The highest BCUT2D eigenvalue weighted by Gasteiger charge is 2.16. The van der Waals surface area contributed by atoms with Crippen LogP contribution in [0.25, 0.3) is 10.6 Å². The number of methoxy groups -OCH3 is 1. The van der Waals surface area contributed by atoms with E-state index < -0.39 is 0 Å². The molecule has 0 aliphatic carbocycles.